The molecule has 2 aromatic rings. The summed E-state index contributed by atoms with van der Waals surface area (Å²) in [6.07, 6.45) is 4.00. The zero-order chi connectivity index (χ0) is 20.3. The van der Waals surface area contributed by atoms with E-state index in [1.165, 1.54) is 12.3 Å². The monoisotopic (exact) mass is 400 g/mol. The molecule has 2 fully saturated rings. The highest BCUT2D eigenvalue weighted by atomic mass is 17.0. The van der Waals surface area contributed by atoms with Crippen molar-refractivity contribution < 1.29 is 28.7 Å². The molecule has 0 N–H and O–H groups in total. The Bertz CT molecular complexity index is 831. The van der Waals surface area contributed by atoms with Crippen LogP contribution >= 0.6 is 0 Å². The fourth-order valence-corrected chi connectivity index (χ4v) is 3.78. The minimum absolute atomic E-state index is 0.395. The molecule has 4 rings (SSSR count). The third-order valence-corrected chi connectivity index (χ3v) is 5.25. The number of nitrogens with zero attached hydrogens (tertiary/aromatic N) is 2. The van der Waals surface area contributed by atoms with Gasteiger partial charge in [-0.2, -0.15) is 0 Å². The standard InChI is InChI=1S/C21H24N2O6/c1-25-17-7-5-15(6-8-17)14-27-19-12-21(10-16-4-3-9-22-13-16)11-18(20(24)26-2)28-23(21)29-19/h3-9,13,18-19H,10-12,14H2,1-2H3. The van der Waals surface area contributed by atoms with Crippen LogP contribution in [0, 0.1) is 0 Å². The largest absolute Gasteiger partial charge is 0.497 e. The van der Waals surface area contributed by atoms with Gasteiger partial charge in [-0.05, 0) is 35.7 Å². The van der Waals surface area contributed by atoms with Crippen molar-refractivity contribution in [3.63, 3.8) is 0 Å². The lowest BCUT2D eigenvalue weighted by molar-refractivity contribution is -0.393. The van der Waals surface area contributed by atoms with E-state index in [2.05, 4.69) is 4.98 Å². The van der Waals surface area contributed by atoms with Crippen molar-refractivity contribution in [1.29, 1.82) is 0 Å². The summed E-state index contributed by atoms with van der Waals surface area (Å²) in [4.78, 5) is 27.8. The Labute approximate surface area is 169 Å². The van der Waals surface area contributed by atoms with Crippen molar-refractivity contribution in [3.8, 4) is 5.75 Å². The number of ether oxygens (including phenoxy) is 3. The van der Waals surface area contributed by atoms with Gasteiger partial charge in [0.15, 0.2) is 12.4 Å². The molecule has 0 saturated carbocycles. The van der Waals surface area contributed by atoms with Crippen molar-refractivity contribution >= 4 is 5.97 Å². The van der Waals surface area contributed by atoms with E-state index in [0.717, 1.165) is 16.9 Å². The highest BCUT2D eigenvalue weighted by Crippen LogP contribution is 2.45. The van der Waals surface area contributed by atoms with Crippen LogP contribution in [0.1, 0.15) is 24.0 Å². The number of methoxy groups -OCH3 is 2. The topological polar surface area (TPSA) is 79.4 Å². The van der Waals surface area contributed by atoms with Crippen LogP contribution in [-0.4, -0.2) is 48.3 Å². The van der Waals surface area contributed by atoms with Gasteiger partial charge in [-0.3, -0.25) is 9.82 Å². The van der Waals surface area contributed by atoms with Crippen molar-refractivity contribution in [3.05, 3.63) is 59.9 Å². The first-order chi connectivity index (χ1) is 14.1. The summed E-state index contributed by atoms with van der Waals surface area (Å²) in [6, 6.07) is 11.6. The maximum absolute atomic E-state index is 12.0. The zero-order valence-electron chi connectivity index (χ0n) is 16.4. The van der Waals surface area contributed by atoms with Gasteiger partial charge in [0.05, 0.1) is 26.4 Å². The Morgan fingerprint density at radius 1 is 1.17 bits per heavy atom. The quantitative estimate of drug-likeness (QED) is 0.656. The van der Waals surface area contributed by atoms with Gasteiger partial charge in [-0.25, -0.2) is 9.63 Å². The number of hydrogen-bond donors (Lipinski definition) is 0. The zero-order valence-corrected chi connectivity index (χ0v) is 16.4. The molecule has 0 amide bonds. The Kier molecular flexibility index (Phi) is 5.77. The number of rotatable bonds is 7. The third-order valence-electron chi connectivity index (χ3n) is 5.25. The summed E-state index contributed by atoms with van der Waals surface area (Å²) in [5.41, 5.74) is 1.52. The molecule has 0 radical (unpaired) electrons. The summed E-state index contributed by atoms with van der Waals surface area (Å²) < 4.78 is 16.0. The van der Waals surface area contributed by atoms with Gasteiger partial charge < -0.3 is 14.2 Å². The summed E-state index contributed by atoms with van der Waals surface area (Å²) in [5.74, 6) is 0.383. The second-order valence-corrected chi connectivity index (χ2v) is 7.24. The van der Waals surface area contributed by atoms with Crippen LogP contribution in [-0.2, 0) is 37.0 Å². The minimum atomic E-state index is -0.695. The summed E-state index contributed by atoms with van der Waals surface area (Å²) in [5, 5.41) is 1.43. The molecule has 0 aliphatic carbocycles. The third kappa shape index (κ3) is 4.25. The second kappa shape index (κ2) is 8.46. The van der Waals surface area contributed by atoms with Crippen LogP contribution in [0.5, 0.6) is 5.75 Å². The number of aromatic nitrogens is 1. The average molecular weight is 400 g/mol. The van der Waals surface area contributed by atoms with Gasteiger partial charge >= 0.3 is 5.97 Å². The fraction of sp³-hybridized carbons (Fsp3) is 0.429. The molecule has 2 saturated heterocycles. The molecule has 2 aliphatic rings. The normalized spacial score (nSPS) is 26.3. The fourth-order valence-electron chi connectivity index (χ4n) is 3.78. The minimum Gasteiger partial charge on any atom is -0.497 e. The molecule has 154 valence electrons. The van der Waals surface area contributed by atoms with Gasteiger partial charge in [0.25, 0.3) is 0 Å². The molecule has 8 nitrogen and oxygen atoms in total. The van der Waals surface area contributed by atoms with E-state index in [-0.39, 0.29) is 0 Å². The molecule has 29 heavy (non-hydrogen) atoms. The summed E-state index contributed by atoms with van der Waals surface area (Å²) >= 11 is 0. The van der Waals surface area contributed by atoms with Crippen molar-refractivity contribution in [2.24, 2.45) is 0 Å². The van der Waals surface area contributed by atoms with E-state index in [1.54, 1.807) is 13.3 Å². The van der Waals surface area contributed by atoms with Gasteiger partial charge in [-0.15, -0.1) is 0 Å². The van der Waals surface area contributed by atoms with Crippen molar-refractivity contribution in [2.45, 2.75) is 43.8 Å². The number of esters is 1. The molecule has 2 aliphatic heterocycles. The lowest BCUT2D eigenvalue weighted by Gasteiger charge is -2.26. The van der Waals surface area contributed by atoms with Crippen molar-refractivity contribution in [2.75, 3.05) is 14.2 Å². The second-order valence-electron chi connectivity index (χ2n) is 7.24. The first-order valence-electron chi connectivity index (χ1n) is 9.47. The van der Waals surface area contributed by atoms with Gasteiger partial charge in [0, 0.05) is 25.2 Å². The Hall–Kier alpha value is -2.52. The Morgan fingerprint density at radius 3 is 2.69 bits per heavy atom. The van der Waals surface area contributed by atoms with Crippen LogP contribution < -0.4 is 4.74 Å². The number of fused-ring (bicyclic) bond motifs is 1. The number of pyridine rings is 1. The molecule has 0 bridgehead atoms. The van der Waals surface area contributed by atoms with Crippen LogP contribution in [0.2, 0.25) is 0 Å². The van der Waals surface area contributed by atoms with E-state index in [4.69, 9.17) is 23.9 Å². The lowest BCUT2D eigenvalue weighted by atomic mass is 9.85. The van der Waals surface area contributed by atoms with Crippen LogP contribution in [0.3, 0.4) is 0 Å². The number of benzene rings is 1. The molecular formula is C21H24N2O6. The number of carbonyl (C=O) groups excluding carboxylic acids is 1. The Morgan fingerprint density at radius 2 is 2.00 bits per heavy atom. The number of hydrogen-bond acceptors (Lipinski definition) is 8. The Balaban J connectivity index is 1.44. The van der Waals surface area contributed by atoms with Crippen LogP contribution in [0.25, 0.3) is 0 Å². The highest BCUT2D eigenvalue weighted by Gasteiger charge is 2.57. The van der Waals surface area contributed by atoms with E-state index in [1.807, 2.05) is 42.6 Å². The molecule has 3 heterocycles. The predicted octanol–water partition coefficient (Wildman–Crippen LogP) is 2.43. The van der Waals surface area contributed by atoms with Crippen LogP contribution in [0.15, 0.2) is 48.8 Å². The van der Waals surface area contributed by atoms with E-state index < -0.39 is 23.9 Å². The highest BCUT2D eigenvalue weighted by molar-refractivity contribution is 5.75. The van der Waals surface area contributed by atoms with Gasteiger partial charge in [0.2, 0.25) is 0 Å². The van der Waals surface area contributed by atoms with E-state index in [0.29, 0.717) is 25.9 Å². The SMILES string of the molecule is COC(=O)C1CC2(Cc3cccnc3)CC(OCc3ccc(OC)cc3)ON2O1. The maximum atomic E-state index is 12.0. The lowest BCUT2D eigenvalue weighted by Crippen LogP contribution is -2.38. The molecule has 1 aromatic carbocycles. The number of carbonyl (C=O) groups is 1. The smallest absolute Gasteiger partial charge is 0.337 e. The molecule has 3 atom stereocenters. The molecule has 8 heteroatoms. The average Bonchev–Trinajstić information content (AvgIpc) is 3.26. The molecule has 1 aromatic heterocycles. The molecule has 3 unspecified atom stereocenters. The summed E-state index contributed by atoms with van der Waals surface area (Å²) in [6.45, 7) is 0.395. The van der Waals surface area contributed by atoms with E-state index >= 15 is 0 Å². The predicted molar refractivity (Wildman–Crippen MR) is 101 cm³/mol. The van der Waals surface area contributed by atoms with Crippen LogP contribution in [0.4, 0.5) is 0 Å². The summed E-state index contributed by atoms with van der Waals surface area (Å²) in [7, 11) is 2.99. The molecular weight excluding hydrogens is 376 g/mol. The maximum Gasteiger partial charge on any atom is 0.337 e. The first kappa shape index (κ1) is 19.8. The number of hydroxylamine groups is 2. The van der Waals surface area contributed by atoms with Crippen molar-refractivity contribution in [1.82, 2.24) is 10.2 Å². The van der Waals surface area contributed by atoms with E-state index in [9.17, 15) is 4.79 Å². The van der Waals surface area contributed by atoms with Gasteiger partial charge in [0.1, 0.15) is 5.75 Å². The first-order valence-corrected chi connectivity index (χ1v) is 9.47. The molecule has 0 spiro atoms. The van der Waals surface area contributed by atoms with Gasteiger partial charge in [-0.1, -0.05) is 23.4 Å².